The van der Waals surface area contributed by atoms with Gasteiger partial charge < -0.3 is 15.2 Å². The number of amides is 1. The van der Waals surface area contributed by atoms with Crippen LogP contribution in [0.2, 0.25) is 0 Å². The van der Waals surface area contributed by atoms with Gasteiger partial charge in [-0.05, 0) is 24.1 Å². The third-order valence-corrected chi connectivity index (χ3v) is 2.75. The van der Waals surface area contributed by atoms with Crippen LogP contribution < -0.4 is 5.32 Å². The number of halogens is 1. The molecule has 0 aliphatic carbocycles. The van der Waals surface area contributed by atoms with Gasteiger partial charge in [-0.15, -0.1) is 0 Å². The molecule has 0 fully saturated rings. The summed E-state index contributed by atoms with van der Waals surface area (Å²) in [4.78, 5) is 11.9. The van der Waals surface area contributed by atoms with Crippen molar-refractivity contribution >= 4 is 5.91 Å². The predicted molar refractivity (Wildman–Crippen MR) is 78.4 cm³/mol. The van der Waals surface area contributed by atoms with Gasteiger partial charge >= 0.3 is 0 Å². The van der Waals surface area contributed by atoms with E-state index in [1.165, 1.54) is 18.2 Å². The molecule has 0 saturated heterocycles. The zero-order valence-corrected chi connectivity index (χ0v) is 12.3. The number of carbonyl (C=O) groups is 1. The summed E-state index contributed by atoms with van der Waals surface area (Å²) < 4.78 is 18.8. The molecule has 1 aromatic rings. The molecule has 0 saturated carbocycles. The molecule has 0 heterocycles. The smallest absolute Gasteiger partial charge is 0.251 e. The van der Waals surface area contributed by atoms with Crippen LogP contribution in [0, 0.1) is 23.6 Å². The van der Waals surface area contributed by atoms with Gasteiger partial charge in [0.25, 0.3) is 5.91 Å². The summed E-state index contributed by atoms with van der Waals surface area (Å²) in [5.74, 6) is 4.57. The Kier molecular flexibility index (Phi) is 7.44. The van der Waals surface area contributed by atoms with Crippen molar-refractivity contribution in [1.82, 2.24) is 5.32 Å². The van der Waals surface area contributed by atoms with Gasteiger partial charge in [-0.25, -0.2) is 4.39 Å². The van der Waals surface area contributed by atoms with Crippen LogP contribution in [0.1, 0.15) is 29.3 Å². The summed E-state index contributed by atoms with van der Waals surface area (Å²) >= 11 is 0. The maximum Gasteiger partial charge on any atom is 0.251 e. The van der Waals surface area contributed by atoms with Crippen LogP contribution in [0.3, 0.4) is 0 Å². The van der Waals surface area contributed by atoms with E-state index in [-0.39, 0.29) is 29.6 Å². The monoisotopic (exact) mass is 293 g/mol. The predicted octanol–water partition coefficient (Wildman–Crippen LogP) is 1.57. The molecule has 114 valence electrons. The number of aliphatic hydroxyl groups excluding tert-OH is 1. The second-order valence-corrected chi connectivity index (χ2v) is 4.74. The van der Waals surface area contributed by atoms with E-state index in [4.69, 9.17) is 9.84 Å². The molecule has 4 nitrogen and oxygen atoms in total. The van der Waals surface area contributed by atoms with Crippen molar-refractivity contribution in [3.05, 3.63) is 35.1 Å². The number of rotatable bonds is 6. The quantitative estimate of drug-likeness (QED) is 0.783. The van der Waals surface area contributed by atoms with Gasteiger partial charge in [0.15, 0.2) is 0 Å². The first kappa shape index (κ1) is 17.2. The molecule has 0 aromatic heterocycles. The lowest BCUT2D eigenvalue weighted by atomic mass is 10.1. The zero-order valence-electron chi connectivity index (χ0n) is 12.3. The number of hydrogen-bond donors (Lipinski definition) is 2. The number of methoxy groups -OCH3 is 1. The van der Waals surface area contributed by atoms with Gasteiger partial charge in [-0.3, -0.25) is 4.79 Å². The highest BCUT2D eigenvalue weighted by Crippen LogP contribution is 2.10. The molecule has 0 spiro atoms. The second-order valence-electron chi connectivity index (χ2n) is 4.74. The van der Waals surface area contributed by atoms with E-state index in [0.29, 0.717) is 19.6 Å². The minimum absolute atomic E-state index is 0.0607. The number of benzene rings is 1. The van der Waals surface area contributed by atoms with Gasteiger partial charge in [-0.1, -0.05) is 18.8 Å². The number of nitrogens with one attached hydrogen (secondary N) is 1. The first-order chi connectivity index (χ1) is 10.1. The van der Waals surface area contributed by atoms with Crippen LogP contribution in [0.4, 0.5) is 4.39 Å². The van der Waals surface area contributed by atoms with Crippen LogP contribution in [-0.4, -0.2) is 37.9 Å². The Bertz CT molecular complexity index is 534. The number of ether oxygens (including phenoxy) is 1. The molecule has 0 aliphatic rings. The molecular formula is C16H20FNO3. The van der Waals surface area contributed by atoms with Crippen LogP contribution in [0.15, 0.2) is 18.2 Å². The second kappa shape index (κ2) is 9.11. The molecular weight excluding hydrogens is 273 g/mol. The van der Waals surface area contributed by atoms with E-state index >= 15 is 0 Å². The molecule has 1 unspecified atom stereocenters. The Hall–Kier alpha value is -1.90. The van der Waals surface area contributed by atoms with Crippen molar-refractivity contribution < 1.29 is 19.0 Å². The third-order valence-electron chi connectivity index (χ3n) is 2.75. The van der Waals surface area contributed by atoms with E-state index in [1.54, 1.807) is 7.11 Å². The molecule has 0 bridgehead atoms. The number of aliphatic hydroxyl groups is 1. The average Bonchev–Trinajstić information content (AvgIpc) is 2.47. The first-order valence-electron chi connectivity index (χ1n) is 6.75. The number of hydrogen-bond acceptors (Lipinski definition) is 3. The zero-order chi connectivity index (χ0) is 15.7. The Balaban J connectivity index is 2.66. The molecule has 1 aromatic carbocycles. The summed E-state index contributed by atoms with van der Waals surface area (Å²) in [6, 6.07) is 4.16. The minimum Gasteiger partial charge on any atom is -0.395 e. The summed E-state index contributed by atoms with van der Waals surface area (Å²) in [6.07, 6.45) is 0.291. The van der Waals surface area contributed by atoms with E-state index < -0.39 is 5.82 Å². The van der Waals surface area contributed by atoms with Crippen LogP contribution in [0.25, 0.3) is 0 Å². The molecule has 1 amide bonds. The summed E-state index contributed by atoms with van der Waals surface area (Å²) in [5.41, 5.74) is 0.470. The average molecular weight is 293 g/mol. The minimum atomic E-state index is -0.543. The van der Waals surface area contributed by atoms with Gasteiger partial charge in [0, 0.05) is 25.6 Å². The molecule has 0 radical (unpaired) electrons. The summed E-state index contributed by atoms with van der Waals surface area (Å²) in [5, 5.41) is 11.3. The summed E-state index contributed by atoms with van der Waals surface area (Å²) in [6.45, 7) is 2.90. The molecule has 0 aliphatic heterocycles. The van der Waals surface area contributed by atoms with Crippen molar-refractivity contribution in [2.75, 3.05) is 26.9 Å². The van der Waals surface area contributed by atoms with Gasteiger partial charge in [-0.2, -0.15) is 0 Å². The number of carbonyl (C=O) groups excluding carboxylic acids is 1. The molecule has 1 rings (SSSR count). The third kappa shape index (κ3) is 5.94. The first-order valence-corrected chi connectivity index (χ1v) is 6.75. The summed E-state index contributed by atoms with van der Waals surface area (Å²) in [7, 11) is 1.60. The van der Waals surface area contributed by atoms with Crippen molar-refractivity contribution in [3.8, 4) is 11.8 Å². The van der Waals surface area contributed by atoms with E-state index in [1.807, 2.05) is 6.92 Å². The van der Waals surface area contributed by atoms with Crippen molar-refractivity contribution in [1.29, 1.82) is 0 Å². The van der Waals surface area contributed by atoms with Crippen LogP contribution in [-0.2, 0) is 4.74 Å². The maximum atomic E-state index is 13.8. The Labute approximate surface area is 124 Å². The fourth-order valence-electron chi connectivity index (χ4n) is 1.68. The Morgan fingerprint density at radius 3 is 2.90 bits per heavy atom. The SMILES string of the molecule is COCC(C)CNC(=O)c1ccc(C#CCCO)c(F)c1. The maximum absolute atomic E-state index is 13.8. The standard InChI is InChI=1S/C16H20FNO3/c1-12(11-21-2)10-18-16(20)14-7-6-13(15(17)9-14)5-3-4-8-19/h6-7,9,12,19H,4,8,10-11H2,1-2H3,(H,18,20). The van der Waals surface area contributed by atoms with E-state index in [2.05, 4.69) is 17.2 Å². The highest BCUT2D eigenvalue weighted by atomic mass is 19.1. The van der Waals surface area contributed by atoms with Crippen LogP contribution >= 0.6 is 0 Å². The largest absolute Gasteiger partial charge is 0.395 e. The lowest BCUT2D eigenvalue weighted by Gasteiger charge is -2.11. The van der Waals surface area contributed by atoms with Gasteiger partial charge in [0.05, 0.1) is 18.8 Å². The Morgan fingerprint density at radius 2 is 2.29 bits per heavy atom. The lowest BCUT2D eigenvalue weighted by Crippen LogP contribution is -2.29. The topological polar surface area (TPSA) is 58.6 Å². The molecule has 1 atom stereocenters. The Morgan fingerprint density at radius 1 is 1.52 bits per heavy atom. The van der Waals surface area contributed by atoms with Crippen molar-refractivity contribution in [2.45, 2.75) is 13.3 Å². The molecule has 21 heavy (non-hydrogen) atoms. The van der Waals surface area contributed by atoms with Crippen molar-refractivity contribution in [3.63, 3.8) is 0 Å². The highest BCUT2D eigenvalue weighted by molar-refractivity contribution is 5.94. The molecule has 2 N–H and O–H groups in total. The van der Waals surface area contributed by atoms with Gasteiger partial charge in [0.2, 0.25) is 0 Å². The fraction of sp³-hybridized carbons (Fsp3) is 0.438. The van der Waals surface area contributed by atoms with Gasteiger partial charge in [0.1, 0.15) is 5.82 Å². The highest BCUT2D eigenvalue weighted by Gasteiger charge is 2.10. The van der Waals surface area contributed by atoms with E-state index in [0.717, 1.165) is 0 Å². The lowest BCUT2D eigenvalue weighted by molar-refractivity contribution is 0.0933. The normalized spacial score (nSPS) is 11.4. The van der Waals surface area contributed by atoms with Crippen molar-refractivity contribution in [2.24, 2.45) is 5.92 Å². The van der Waals surface area contributed by atoms with E-state index in [9.17, 15) is 9.18 Å². The van der Waals surface area contributed by atoms with Crippen LogP contribution in [0.5, 0.6) is 0 Å². The fourth-order valence-corrected chi connectivity index (χ4v) is 1.68. The molecule has 5 heteroatoms.